The summed E-state index contributed by atoms with van der Waals surface area (Å²) in [6, 6.07) is 9.68. The zero-order chi connectivity index (χ0) is 14.2. The zero-order valence-corrected chi connectivity index (χ0v) is 12.6. The van der Waals surface area contributed by atoms with Gasteiger partial charge in [-0.2, -0.15) is 0 Å². The Morgan fingerprint density at radius 3 is 2.38 bits per heavy atom. The second-order valence-electron chi connectivity index (χ2n) is 6.64. The van der Waals surface area contributed by atoms with Gasteiger partial charge in [0.15, 0.2) is 0 Å². The van der Waals surface area contributed by atoms with Crippen LogP contribution in [0.4, 0.5) is 0 Å². The van der Waals surface area contributed by atoms with Crippen molar-refractivity contribution in [3.63, 3.8) is 0 Å². The van der Waals surface area contributed by atoms with Crippen LogP contribution in [0.2, 0.25) is 0 Å². The lowest BCUT2D eigenvalue weighted by atomic mass is 9.94. The molecule has 3 heteroatoms. The summed E-state index contributed by atoms with van der Waals surface area (Å²) in [7, 11) is 2.07. The summed E-state index contributed by atoms with van der Waals surface area (Å²) < 4.78 is 2.11. The fourth-order valence-electron chi connectivity index (χ4n) is 4.26. The number of fused-ring (bicyclic) bond motifs is 3. The Hall–Kier alpha value is -1.61. The van der Waals surface area contributed by atoms with Gasteiger partial charge in [-0.05, 0) is 48.6 Å². The minimum Gasteiger partial charge on any atom is -0.337 e. The molecule has 0 amide bonds. The summed E-state index contributed by atoms with van der Waals surface area (Å²) in [6.07, 6.45) is 9.13. The van der Waals surface area contributed by atoms with Crippen molar-refractivity contribution in [1.29, 1.82) is 0 Å². The quantitative estimate of drug-likeness (QED) is 0.937. The van der Waals surface area contributed by atoms with Crippen LogP contribution in [0, 0.1) is 11.8 Å². The fourth-order valence-corrected chi connectivity index (χ4v) is 4.26. The molecule has 2 aliphatic carbocycles. The normalized spacial score (nSPS) is 27.4. The third kappa shape index (κ3) is 2.40. The van der Waals surface area contributed by atoms with Gasteiger partial charge in [-0.3, -0.25) is 0 Å². The Bertz CT molecular complexity index is 598. The molecule has 1 fully saturated rings. The van der Waals surface area contributed by atoms with Gasteiger partial charge in [0.2, 0.25) is 0 Å². The number of rotatable bonds is 3. The van der Waals surface area contributed by atoms with Crippen molar-refractivity contribution in [1.82, 2.24) is 14.9 Å². The number of imidazole rings is 1. The van der Waals surface area contributed by atoms with Crippen LogP contribution in [0.15, 0.2) is 36.7 Å². The molecule has 1 heterocycles. The molecule has 0 radical (unpaired) electrons. The summed E-state index contributed by atoms with van der Waals surface area (Å²) in [5, 5.41) is 3.82. The molecule has 2 aromatic rings. The molecule has 2 aliphatic rings. The lowest BCUT2D eigenvalue weighted by molar-refractivity contribution is 0.336. The minimum atomic E-state index is 0.647. The molecule has 1 N–H and O–H groups in total. The van der Waals surface area contributed by atoms with E-state index < -0.39 is 0 Å². The van der Waals surface area contributed by atoms with E-state index in [1.54, 1.807) is 11.1 Å². The summed E-state index contributed by atoms with van der Waals surface area (Å²) in [4.78, 5) is 4.43. The van der Waals surface area contributed by atoms with Crippen molar-refractivity contribution < 1.29 is 0 Å². The average molecular weight is 281 g/mol. The van der Waals surface area contributed by atoms with Crippen LogP contribution in [0.1, 0.15) is 29.8 Å². The number of nitrogens with zero attached hydrogens (tertiary/aromatic N) is 2. The van der Waals surface area contributed by atoms with Gasteiger partial charge in [-0.15, -0.1) is 0 Å². The van der Waals surface area contributed by atoms with Crippen molar-refractivity contribution in [2.24, 2.45) is 18.9 Å². The monoisotopic (exact) mass is 281 g/mol. The molecule has 1 aromatic carbocycles. The molecule has 2 bridgehead atoms. The van der Waals surface area contributed by atoms with Gasteiger partial charge in [-0.25, -0.2) is 4.98 Å². The predicted molar refractivity (Wildman–Crippen MR) is 83.9 cm³/mol. The van der Waals surface area contributed by atoms with Crippen LogP contribution in [-0.2, 0) is 26.4 Å². The largest absolute Gasteiger partial charge is 0.337 e. The van der Waals surface area contributed by atoms with Crippen LogP contribution in [0.25, 0.3) is 0 Å². The maximum Gasteiger partial charge on any atom is 0.122 e. The highest BCUT2D eigenvalue weighted by Gasteiger charge is 2.38. The molecular weight excluding hydrogens is 258 g/mol. The van der Waals surface area contributed by atoms with Crippen molar-refractivity contribution in [3.8, 4) is 0 Å². The van der Waals surface area contributed by atoms with E-state index in [1.165, 1.54) is 25.7 Å². The first-order chi connectivity index (χ1) is 10.3. The zero-order valence-electron chi connectivity index (χ0n) is 12.6. The number of benzene rings is 1. The molecule has 0 saturated heterocycles. The third-order valence-electron chi connectivity index (χ3n) is 5.42. The van der Waals surface area contributed by atoms with Gasteiger partial charge >= 0.3 is 0 Å². The predicted octanol–water partition coefficient (Wildman–Crippen LogP) is 2.70. The number of nitrogens with one attached hydrogen (secondary N) is 1. The highest BCUT2D eigenvalue weighted by atomic mass is 15.1. The first kappa shape index (κ1) is 13.1. The van der Waals surface area contributed by atoms with Crippen LogP contribution in [-0.4, -0.2) is 15.6 Å². The van der Waals surface area contributed by atoms with E-state index >= 15 is 0 Å². The molecular formula is C18H23N3. The smallest absolute Gasteiger partial charge is 0.122 e. The summed E-state index contributed by atoms with van der Waals surface area (Å²) >= 11 is 0. The van der Waals surface area contributed by atoms with Gasteiger partial charge < -0.3 is 9.88 Å². The molecule has 110 valence electrons. The lowest BCUT2D eigenvalue weighted by Gasteiger charge is -2.23. The fraction of sp³-hybridized carbons (Fsp3) is 0.500. The second-order valence-corrected chi connectivity index (χ2v) is 6.64. The highest BCUT2D eigenvalue weighted by molar-refractivity contribution is 5.30. The number of aromatic nitrogens is 2. The lowest BCUT2D eigenvalue weighted by Crippen LogP contribution is -2.38. The Balaban J connectivity index is 1.51. The van der Waals surface area contributed by atoms with Gasteiger partial charge in [-0.1, -0.05) is 24.3 Å². The van der Waals surface area contributed by atoms with Crippen LogP contribution < -0.4 is 5.32 Å². The van der Waals surface area contributed by atoms with Gasteiger partial charge in [0.05, 0.1) is 6.54 Å². The van der Waals surface area contributed by atoms with E-state index in [9.17, 15) is 0 Å². The molecule has 0 aliphatic heterocycles. The van der Waals surface area contributed by atoms with E-state index in [1.807, 2.05) is 12.4 Å². The summed E-state index contributed by atoms with van der Waals surface area (Å²) in [5.41, 5.74) is 3.15. The standard InChI is InChI=1S/C18H23N3/c1-21-9-8-19-17(21)12-20-18-15-6-7-16(18)11-14-5-3-2-4-13(14)10-15/h2-5,8-9,15-16,18,20H,6-7,10-12H2,1H3. The van der Waals surface area contributed by atoms with Crippen LogP contribution >= 0.6 is 0 Å². The second kappa shape index (κ2) is 5.30. The Morgan fingerprint density at radius 1 is 1.14 bits per heavy atom. The van der Waals surface area contributed by atoms with E-state index in [0.717, 1.165) is 24.2 Å². The van der Waals surface area contributed by atoms with Crippen molar-refractivity contribution in [2.45, 2.75) is 38.3 Å². The van der Waals surface area contributed by atoms with Crippen molar-refractivity contribution >= 4 is 0 Å². The highest BCUT2D eigenvalue weighted by Crippen LogP contribution is 2.40. The molecule has 1 saturated carbocycles. The van der Waals surface area contributed by atoms with E-state index in [2.05, 4.69) is 46.2 Å². The molecule has 21 heavy (non-hydrogen) atoms. The van der Waals surface area contributed by atoms with Gasteiger partial charge in [0.1, 0.15) is 5.82 Å². The number of aryl methyl sites for hydroxylation is 1. The Kier molecular flexibility index (Phi) is 3.30. The Labute approximate surface area is 126 Å². The molecule has 0 spiro atoms. The van der Waals surface area contributed by atoms with Gasteiger partial charge in [0.25, 0.3) is 0 Å². The maximum atomic E-state index is 4.43. The van der Waals surface area contributed by atoms with Crippen molar-refractivity contribution in [2.75, 3.05) is 0 Å². The number of hydrogen-bond donors (Lipinski definition) is 1. The molecule has 3 nitrogen and oxygen atoms in total. The summed E-state index contributed by atoms with van der Waals surface area (Å²) in [5.74, 6) is 2.72. The molecule has 1 aromatic heterocycles. The van der Waals surface area contributed by atoms with Crippen LogP contribution in [0.3, 0.4) is 0 Å². The summed E-state index contributed by atoms with van der Waals surface area (Å²) in [6.45, 7) is 0.886. The van der Waals surface area contributed by atoms with E-state index in [-0.39, 0.29) is 0 Å². The first-order valence-corrected chi connectivity index (χ1v) is 8.07. The molecule has 4 rings (SSSR count). The molecule has 2 unspecified atom stereocenters. The average Bonchev–Trinajstić information content (AvgIpc) is 2.99. The van der Waals surface area contributed by atoms with Gasteiger partial charge in [0, 0.05) is 25.5 Å². The SMILES string of the molecule is Cn1ccnc1CNC1C2CCC1Cc1ccccc1C2. The topological polar surface area (TPSA) is 29.9 Å². The first-order valence-electron chi connectivity index (χ1n) is 8.07. The Morgan fingerprint density at radius 2 is 1.81 bits per heavy atom. The maximum absolute atomic E-state index is 4.43. The molecule has 2 atom stereocenters. The number of hydrogen-bond acceptors (Lipinski definition) is 2. The van der Waals surface area contributed by atoms with Crippen molar-refractivity contribution in [3.05, 3.63) is 53.6 Å². The van der Waals surface area contributed by atoms with Crippen LogP contribution in [0.5, 0.6) is 0 Å². The van der Waals surface area contributed by atoms with E-state index in [4.69, 9.17) is 0 Å². The minimum absolute atomic E-state index is 0.647. The third-order valence-corrected chi connectivity index (χ3v) is 5.42. The van der Waals surface area contributed by atoms with E-state index in [0.29, 0.717) is 6.04 Å².